The summed E-state index contributed by atoms with van der Waals surface area (Å²) in [5, 5.41) is 3.29. The molecule has 110 valence electrons. The lowest BCUT2D eigenvalue weighted by Crippen LogP contribution is -2.46. The molecule has 4 nitrogen and oxygen atoms in total. The van der Waals surface area contributed by atoms with E-state index in [2.05, 4.69) is 45.0 Å². The van der Waals surface area contributed by atoms with Crippen LogP contribution in [0.2, 0.25) is 5.15 Å². The lowest BCUT2D eigenvalue weighted by atomic mass is 10.0. The number of likely N-dealkylation sites (tertiary alicyclic amines) is 1. The molecule has 0 spiro atoms. The molecule has 2 heterocycles. The molecule has 1 aromatic rings. The predicted octanol–water partition coefficient (Wildman–Crippen LogP) is 3.10. The van der Waals surface area contributed by atoms with E-state index < -0.39 is 0 Å². The molecule has 0 unspecified atom stereocenters. The largest absolute Gasteiger partial charge is 0.349 e. The molecule has 20 heavy (non-hydrogen) atoms. The van der Waals surface area contributed by atoms with Gasteiger partial charge >= 0.3 is 0 Å². The molecule has 0 bridgehead atoms. The molecular weight excluding hydrogens is 342 g/mol. The average molecular weight is 361 g/mol. The van der Waals surface area contributed by atoms with Crippen molar-refractivity contribution in [3.8, 4) is 0 Å². The van der Waals surface area contributed by atoms with Gasteiger partial charge < -0.3 is 10.2 Å². The molecular formula is C14H19BrClN3O. The van der Waals surface area contributed by atoms with Gasteiger partial charge in [-0.05, 0) is 48.7 Å². The number of carbonyl (C=O) groups excluding carboxylic acids is 1. The van der Waals surface area contributed by atoms with Crippen molar-refractivity contribution in [1.82, 2.24) is 15.2 Å². The van der Waals surface area contributed by atoms with Crippen molar-refractivity contribution in [2.45, 2.75) is 38.8 Å². The first-order chi connectivity index (χ1) is 9.47. The van der Waals surface area contributed by atoms with Gasteiger partial charge in [0.2, 0.25) is 0 Å². The zero-order valence-electron chi connectivity index (χ0n) is 11.7. The first kappa shape index (κ1) is 15.7. The predicted molar refractivity (Wildman–Crippen MR) is 84.1 cm³/mol. The third-order valence-electron chi connectivity index (χ3n) is 3.65. The minimum Gasteiger partial charge on any atom is -0.349 e. The average Bonchev–Trinajstić information content (AvgIpc) is 2.42. The number of halogens is 2. The van der Waals surface area contributed by atoms with Crippen LogP contribution < -0.4 is 5.32 Å². The van der Waals surface area contributed by atoms with Crippen LogP contribution in [0.25, 0.3) is 0 Å². The van der Waals surface area contributed by atoms with Crippen molar-refractivity contribution in [2.24, 2.45) is 0 Å². The SMILES string of the molecule is CC(C)N1CCC(NC(=O)c2cc(Br)cnc2Cl)CC1. The Balaban J connectivity index is 1.94. The van der Waals surface area contributed by atoms with Gasteiger partial charge in [0.25, 0.3) is 5.91 Å². The number of rotatable bonds is 3. The number of pyridine rings is 1. The number of carbonyl (C=O) groups is 1. The van der Waals surface area contributed by atoms with Crippen molar-refractivity contribution in [2.75, 3.05) is 13.1 Å². The molecule has 1 amide bonds. The van der Waals surface area contributed by atoms with E-state index in [1.165, 1.54) is 0 Å². The highest BCUT2D eigenvalue weighted by Gasteiger charge is 2.23. The van der Waals surface area contributed by atoms with E-state index in [0.717, 1.165) is 30.4 Å². The third-order valence-corrected chi connectivity index (χ3v) is 4.38. The van der Waals surface area contributed by atoms with Crippen LogP contribution in [0.15, 0.2) is 16.7 Å². The van der Waals surface area contributed by atoms with Gasteiger partial charge in [0.15, 0.2) is 0 Å². The second kappa shape index (κ2) is 6.87. The van der Waals surface area contributed by atoms with Gasteiger partial charge in [-0.25, -0.2) is 4.98 Å². The van der Waals surface area contributed by atoms with Gasteiger partial charge in [-0.2, -0.15) is 0 Å². The summed E-state index contributed by atoms with van der Waals surface area (Å²) in [6, 6.07) is 2.48. The summed E-state index contributed by atoms with van der Waals surface area (Å²) >= 11 is 9.28. The quantitative estimate of drug-likeness (QED) is 0.843. The number of aromatic nitrogens is 1. The summed E-state index contributed by atoms with van der Waals surface area (Å²) in [5.74, 6) is -0.146. The number of amides is 1. The Bertz CT molecular complexity index is 487. The molecule has 0 saturated carbocycles. The number of nitrogens with zero attached hydrogens (tertiary/aromatic N) is 2. The Morgan fingerprint density at radius 1 is 1.50 bits per heavy atom. The maximum atomic E-state index is 12.2. The molecule has 0 radical (unpaired) electrons. The van der Waals surface area contributed by atoms with E-state index in [9.17, 15) is 4.79 Å². The number of nitrogens with one attached hydrogen (secondary N) is 1. The lowest BCUT2D eigenvalue weighted by Gasteiger charge is -2.34. The molecule has 2 rings (SSSR count). The molecule has 1 aliphatic heterocycles. The van der Waals surface area contributed by atoms with Gasteiger partial charge in [-0.1, -0.05) is 11.6 Å². The summed E-state index contributed by atoms with van der Waals surface area (Å²) < 4.78 is 0.752. The van der Waals surface area contributed by atoms with E-state index in [1.54, 1.807) is 12.3 Å². The van der Waals surface area contributed by atoms with Crippen LogP contribution >= 0.6 is 27.5 Å². The molecule has 1 fully saturated rings. The number of hydrogen-bond acceptors (Lipinski definition) is 3. The van der Waals surface area contributed by atoms with Crippen LogP contribution in [0.5, 0.6) is 0 Å². The monoisotopic (exact) mass is 359 g/mol. The molecule has 0 atom stereocenters. The summed E-state index contributed by atoms with van der Waals surface area (Å²) in [6.07, 6.45) is 3.53. The van der Waals surface area contributed by atoms with Crippen molar-refractivity contribution >= 4 is 33.4 Å². The first-order valence-electron chi connectivity index (χ1n) is 6.83. The first-order valence-corrected chi connectivity index (χ1v) is 8.00. The second-order valence-corrected chi connectivity index (χ2v) is 6.64. The third kappa shape index (κ3) is 3.93. The Kier molecular flexibility index (Phi) is 5.41. The van der Waals surface area contributed by atoms with Crippen LogP contribution in [-0.4, -0.2) is 41.0 Å². The van der Waals surface area contributed by atoms with Crippen LogP contribution in [-0.2, 0) is 0 Å². The lowest BCUT2D eigenvalue weighted by molar-refractivity contribution is 0.0900. The Morgan fingerprint density at radius 3 is 2.75 bits per heavy atom. The van der Waals surface area contributed by atoms with Crippen molar-refractivity contribution in [3.05, 3.63) is 27.5 Å². The van der Waals surface area contributed by atoms with Crippen LogP contribution in [0.4, 0.5) is 0 Å². The Hall–Kier alpha value is -0.650. The van der Waals surface area contributed by atoms with Crippen molar-refractivity contribution in [1.29, 1.82) is 0 Å². The van der Waals surface area contributed by atoms with Gasteiger partial charge in [-0.3, -0.25) is 4.79 Å². The zero-order chi connectivity index (χ0) is 14.7. The zero-order valence-corrected chi connectivity index (χ0v) is 14.0. The molecule has 1 aliphatic rings. The Labute approximate surface area is 133 Å². The topological polar surface area (TPSA) is 45.2 Å². The Morgan fingerprint density at radius 2 is 2.15 bits per heavy atom. The fourth-order valence-electron chi connectivity index (χ4n) is 2.41. The minimum absolute atomic E-state index is 0.146. The van der Waals surface area contributed by atoms with Crippen LogP contribution in [0.3, 0.4) is 0 Å². The summed E-state index contributed by atoms with van der Waals surface area (Å²) in [4.78, 5) is 18.6. The molecule has 1 N–H and O–H groups in total. The van der Waals surface area contributed by atoms with E-state index >= 15 is 0 Å². The summed E-state index contributed by atoms with van der Waals surface area (Å²) in [5.41, 5.74) is 0.423. The van der Waals surface area contributed by atoms with E-state index in [1.807, 2.05) is 0 Å². The maximum Gasteiger partial charge on any atom is 0.254 e. The smallest absolute Gasteiger partial charge is 0.254 e. The number of hydrogen-bond donors (Lipinski definition) is 1. The van der Waals surface area contributed by atoms with Gasteiger partial charge in [0.05, 0.1) is 5.56 Å². The molecule has 6 heteroatoms. The van der Waals surface area contributed by atoms with Crippen molar-refractivity contribution < 1.29 is 4.79 Å². The molecule has 1 aromatic heterocycles. The second-order valence-electron chi connectivity index (χ2n) is 5.37. The highest BCUT2D eigenvalue weighted by Crippen LogP contribution is 2.19. The standard InChI is InChI=1S/C14H19BrClN3O/c1-9(2)19-5-3-11(4-6-19)18-14(20)12-7-10(15)8-17-13(12)16/h7-9,11H,3-6H2,1-2H3,(H,18,20). The normalized spacial score (nSPS) is 17.4. The fourth-order valence-corrected chi connectivity index (χ4v) is 2.93. The van der Waals surface area contributed by atoms with Crippen molar-refractivity contribution in [3.63, 3.8) is 0 Å². The molecule has 0 aliphatic carbocycles. The summed E-state index contributed by atoms with van der Waals surface area (Å²) in [7, 11) is 0. The van der Waals surface area contributed by atoms with Crippen LogP contribution in [0.1, 0.15) is 37.0 Å². The van der Waals surface area contributed by atoms with E-state index in [4.69, 9.17) is 11.6 Å². The highest BCUT2D eigenvalue weighted by atomic mass is 79.9. The minimum atomic E-state index is -0.146. The number of piperidine rings is 1. The van der Waals surface area contributed by atoms with E-state index in [0.29, 0.717) is 11.6 Å². The highest BCUT2D eigenvalue weighted by molar-refractivity contribution is 9.10. The van der Waals surface area contributed by atoms with Gasteiger partial charge in [-0.15, -0.1) is 0 Å². The van der Waals surface area contributed by atoms with Crippen LogP contribution in [0, 0.1) is 0 Å². The van der Waals surface area contributed by atoms with E-state index in [-0.39, 0.29) is 17.1 Å². The molecule has 0 aromatic carbocycles. The van der Waals surface area contributed by atoms with Gasteiger partial charge in [0.1, 0.15) is 5.15 Å². The molecule has 1 saturated heterocycles. The summed E-state index contributed by atoms with van der Waals surface area (Å²) in [6.45, 7) is 6.44. The maximum absolute atomic E-state index is 12.2. The van der Waals surface area contributed by atoms with Gasteiger partial charge in [0, 0.05) is 35.8 Å². The fraction of sp³-hybridized carbons (Fsp3) is 0.571.